The molecule has 0 amide bonds. The van der Waals surface area contributed by atoms with Crippen LogP contribution in [-0.2, 0) is 0 Å². The highest BCUT2D eigenvalue weighted by atomic mass is 32.1. The summed E-state index contributed by atoms with van der Waals surface area (Å²) in [5.74, 6) is 0. The molecule has 1 nitrogen and oxygen atoms in total. The van der Waals surface area contributed by atoms with Crippen molar-refractivity contribution in [3.63, 3.8) is 0 Å². The largest absolute Gasteiger partial charge is 0.197 e. The molecule has 0 aliphatic heterocycles. The Morgan fingerprint density at radius 2 is 2.20 bits per heavy atom. The van der Waals surface area contributed by atoms with Crippen molar-refractivity contribution < 1.29 is 0 Å². The van der Waals surface area contributed by atoms with Crippen LogP contribution in [0.5, 0.6) is 0 Å². The van der Waals surface area contributed by atoms with Gasteiger partial charge in [0.05, 0.1) is 11.3 Å². The fraction of sp³-hybridized carbons (Fsp3) is 0.667. The maximum absolute atomic E-state index is 7.79. The molecule has 0 heterocycles. The first-order chi connectivity index (χ1) is 2.27. The highest BCUT2D eigenvalue weighted by Crippen LogP contribution is 1.84. The Labute approximate surface area is 37.0 Å². The first-order valence-corrected chi connectivity index (χ1v) is 1.80. The lowest BCUT2D eigenvalue weighted by molar-refractivity contribution is 1.25. The average molecular weight is 86.1 g/mol. The van der Waals surface area contributed by atoms with Gasteiger partial charge in [0.15, 0.2) is 0 Å². The quantitative estimate of drug-likeness (QED) is 0.433. The van der Waals surface area contributed by atoms with Crippen LogP contribution in [0.2, 0.25) is 0 Å². The normalized spacial score (nSPS) is 13.0. The van der Waals surface area contributed by atoms with E-state index in [1.54, 1.807) is 6.92 Å². The van der Waals surface area contributed by atoms with E-state index in [2.05, 4.69) is 12.6 Å². The summed E-state index contributed by atoms with van der Waals surface area (Å²) in [7, 11) is 0. The fourth-order valence-electron chi connectivity index (χ4n) is 0. The molecule has 0 rings (SSSR count). The Bertz CT molecular complexity index is 52.4. The van der Waals surface area contributed by atoms with E-state index in [0.29, 0.717) is 0 Å². The van der Waals surface area contributed by atoms with Gasteiger partial charge in [0.25, 0.3) is 0 Å². The molecule has 0 aliphatic rings. The molecule has 0 aromatic rings. The molecular formula is C3H4NS. The van der Waals surface area contributed by atoms with Crippen molar-refractivity contribution in [1.82, 2.24) is 0 Å². The van der Waals surface area contributed by atoms with Gasteiger partial charge in [-0.2, -0.15) is 5.26 Å². The van der Waals surface area contributed by atoms with Crippen molar-refractivity contribution in [3.05, 3.63) is 0 Å². The molecule has 0 N–H and O–H groups in total. The molecule has 1 unspecified atom stereocenters. The van der Waals surface area contributed by atoms with Crippen LogP contribution in [0.4, 0.5) is 0 Å². The zero-order chi connectivity index (χ0) is 4.28. The van der Waals surface area contributed by atoms with Gasteiger partial charge in [-0.25, -0.2) is 0 Å². The zero-order valence-corrected chi connectivity index (χ0v) is 3.75. The average Bonchev–Trinajstić information content (AvgIpc) is 1.38. The number of rotatable bonds is 0. The zero-order valence-electron chi connectivity index (χ0n) is 2.93. The fourth-order valence-corrected chi connectivity index (χ4v) is 0. The first-order valence-electron chi connectivity index (χ1n) is 1.33. The second kappa shape index (κ2) is 2.10. The lowest BCUT2D eigenvalue weighted by Gasteiger charge is -1.73. The second-order valence-corrected chi connectivity index (χ2v) is 1.48. The van der Waals surface area contributed by atoms with Gasteiger partial charge in [0.1, 0.15) is 0 Å². The van der Waals surface area contributed by atoms with E-state index in [0.717, 1.165) is 0 Å². The van der Waals surface area contributed by atoms with Crippen LogP contribution in [0.1, 0.15) is 6.92 Å². The van der Waals surface area contributed by atoms with Crippen LogP contribution in [-0.4, -0.2) is 5.25 Å². The van der Waals surface area contributed by atoms with Crippen LogP contribution in [0.15, 0.2) is 0 Å². The van der Waals surface area contributed by atoms with Crippen LogP contribution < -0.4 is 0 Å². The molecule has 0 bridgehead atoms. The topological polar surface area (TPSA) is 23.8 Å². The number of nitriles is 1. The lowest BCUT2D eigenvalue weighted by atomic mass is 10.5. The molecule has 0 saturated heterocycles. The van der Waals surface area contributed by atoms with Gasteiger partial charge < -0.3 is 0 Å². The molecule has 0 fully saturated rings. The Morgan fingerprint density at radius 3 is 2.20 bits per heavy atom. The van der Waals surface area contributed by atoms with Crippen LogP contribution in [0.3, 0.4) is 0 Å². The van der Waals surface area contributed by atoms with E-state index in [9.17, 15) is 0 Å². The molecule has 1 radical (unpaired) electrons. The third-order valence-electron chi connectivity index (χ3n) is 0.182. The highest BCUT2D eigenvalue weighted by molar-refractivity contribution is 7.81. The number of hydrogen-bond acceptors (Lipinski definition) is 1. The molecule has 0 aromatic heterocycles. The maximum Gasteiger partial charge on any atom is 0.0992 e. The first kappa shape index (κ1) is 4.84. The summed E-state index contributed by atoms with van der Waals surface area (Å²) >= 11 is 4.42. The minimum atomic E-state index is -0.227. The van der Waals surface area contributed by atoms with Crippen molar-refractivity contribution in [1.29, 1.82) is 5.26 Å². The van der Waals surface area contributed by atoms with Crippen molar-refractivity contribution >= 4 is 12.6 Å². The minimum absolute atomic E-state index is 0.227. The number of hydrogen-bond donors (Lipinski definition) is 0. The van der Waals surface area contributed by atoms with Crippen LogP contribution >= 0.6 is 12.6 Å². The van der Waals surface area contributed by atoms with Crippen molar-refractivity contribution in [2.24, 2.45) is 0 Å². The molecular weight excluding hydrogens is 82.1 g/mol. The Balaban J connectivity index is 2.94. The SMILES string of the molecule is CC([S])C#N. The van der Waals surface area contributed by atoms with Gasteiger partial charge in [-0.05, 0) is 6.92 Å². The highest BCUT2D eigenvalue weighted by Gasteiger charge is 1.81. The Kier molecular flexibility index (Phi) is 2.03. The molecule has 1 atom stereocenters. The van der Waals surface area contributed by atoms with Gasteiger partial charge in [-0.1, -0.05) is 12.6 Å². The van der Waals surface area contributed by atoms with E-state index >= 15 is 0 Å². The van der Waals surface area contributed by atoms with Crippen LogP contribution in [0, 0.1) is 11.3 Å². The molecule has 5 heavy (non-hydrogen) atoms. The van der Waals surface area contributed by atoms with E-state index in [4.69, 9.17) is 5.26 Å². The summed E-state index contributed by atoms with van der Waals surface area (Å²) in [4.78, 5) is 0. The summed E-state index contributed by atoms with van der Waals surface area (Å²) in [6.07, 6.45) is 0. The van der Waals surface area contributed by atoms with E-state index in [-0.39, 0.29) is 5.25 Å². The lowest BCUT2D eigenvalue weighted by Crippen LogP contribution is -1.77. The van der Waals surface area contributed by atoms with Gasteiger partial charge in [-0.3, -0.25) is 0 Å². The molecule has 2 heteroatoms. The van der Waals surface area contributed by atoms with Gasteiger partial charge >= 0.3 is 0 Å². The standard InChI is InChI=1S/C3H4NS/c1-3(5)2-4/h3H,1H3. The third kappa shape index (κ3) is 3.84. The predicted octanol–water partition coefficient (Wildman–Crippen LogP) is 1.10. The monoisotopic (exact) mass is 86.0 g/mol. The van der Waals surface area contributed by atoms with E-state index < -0.39 is 0 Å². The summed E-state index contributed by atoms with van der Waals surface area (Å²) in [6, 6.07) is 1.84. The summed E-state index contributed by atoms with van der Waals surface area (Å²) in [5.41, 5.74) is 0. The predicted molar refractivity (Wildman–Crippen MR) is 22.7 cm³/mol. The second-order valence-electron chi connectivity index (χ2n) is 0.771. The summed E-state index contributed by atoms with van der Waals surface area (Å²) < 4.78 is 0. The van der Waals surface area contributed by atoms with Crippen molar-refractivity contribution in [3.8, 4) is 6.07 Å². The van der Waals surface area contributed by atoms with Crippen LogP contribution in [0.25, 0.3) is 0 Å². The maximum atomic E-state index is 7.79. The molecule has 0 saturated carbocycles. The Morgan fingerprint density at radius 1 is 2.00 bits per heavy atom. The minimum Gasteiger partial charge on any atom is -0.197 e. The molecule has 0 spiro atoms. The Hall–Kier alpha value is -0.160. The summed E-state index contributed by atoms with van der Waals surface area (Å²) in [6.45, 7) is 1.68. The van der Waals surface area contributed by atoms with E-state index in [1.807, 2.05) is 6.07 Å². The van der Waals surface area contributed by atoms with Gasteiger partial charge in [0.2, 0.25) is 0 Å². The molecule has 0 aromatic carbocycles. The van der Waals surface area contributed by atoms with Gasteiger partial charge in [-0.15, -0.1) is 0 Å². The molecule has 0 aliphatic carbocycles. The van der Waals surface area contributed by atoms with Gasteiger partial charge in [0, 0.05) is 0 Å². The molecule has 27 valence electrons. The van der Waals surface area contributed by atoms with Crippen molar-refractivity contribution in [2.45, 2.75) is 12.2 Å². The summed E-state index contributed by atoms with van der Waals surface area (Å²) in [5, 5.41) is 7.56. The number of nitrogens with zero attached hydrogens (tertiary/aromatic N) is 1. The van der Waals surface area contributed by atoms with E-state index in [1.165, 1.54) is 0 Å². The smallest absolute Gasteiger partial charge is 0.0992 e. The third-order valence-corrected chi connectivity index (χ3v) is 0.287. The van der Waals surface area contributed by atoms with Crippen molar-refractivity contribution in [2.75, 3.05) is 0 Å².